The van der Waals surface area contributed by atoms with E-state index < -0.39 is 83.3 Å². The molecule has 37 nitrogen and oxygen atoms in total. The number of hydrogen-bond donors (Lipinski definition) is 24. The van der Waals surface area contributed by atoms with Crippen molar-refractivity contribution in [3.05, 3.63) is 107 Å². The number of primary amides is 1. The van der Waals surface area contributed by atoms with Crippen LogP contribution in [0.5, 0.6) is 17.2 Å². The van der Waals surface area contributed by atoms with Gasteiger partial charge in [-0.15, -0.1) is 0 Å². The minimum absolute atomic E-state index is 0.0145. The molecular weight excluding hydrogens is 1310 g/mol. The minimum Gasteiger partial charge on any atom is -0.496 e. The van der Waals surface area contributed by atoms with Crippen molar-refractivity contribution in [3.63, 3.8) is 0 Å². The molecule has 0 aliphatic heterocycles. The molecule has 1 aliphatic carbocycles. The topological polar surface area (TPSA) is 622 Å². The van der Waals surface area contributed by atoms with Gasteiger partial charge >= 0.3 is 0 Å². The van der Waals surface area contributed by atoms with Crippen molar-refractivity contribution < 1.29 is 62.1 Å². The highest BCUT2D eigenvalue weighted by molar-refractivity contribution is 6.05. The zero-order chi connectivity index (χ0) is 74.6. The number of nitrogens with one attached hydrogen (secondary N) is 18. The maximum absolute atomic E-state index is 14.6. The lowest BCUT2D eigenvalue weighted by Gasteiger charge is -2.23. The van der Waals surface area contributed by atoms with Gasteiger partial charge < -0.3 is 122 Å². The number of benzene rings is 3. The van der Waals surface area contributed by atoms with E-state index in [-0.39, 0.29) is 170 Å². The number of rotatable bonds is 42. The predicted octanol–water partition coefficient (Wildman–Crippen LogP) is -1.34. The molecule has 37 heteroatoms. The number of unbranched alkanes of at least 4 members (excludes halogenated alkanes) is 1. The van der Waals surface area contributed by atoms with E-state index in [9.17, 15) is 43.2 Å². The highest BCUT2D eigenvalue weighted by atomic mass is 16.5. The summed E-state index contributed by atoms with van der Waals surface area (Å²) in [4.78, 5) is 125. The molecule has 4 rings (SSSR count). The largest absolute Gasteiger partial charge is 0.496 e. The Morgan fingerprint density at radius 1 is 0.446 bits per heavy atom. The molecule has 0 heterocycles. The van der Waals surface area contributed by atoms with E-state index >= 15 is 0 Å². The lowest BCUT2D eigenvalue weighted by atomic mass is 10.0. The van der Waals surface area contributed by atoms with Gasteiger partial charge in [0.05, 0.1) is 49.5 Å². The van der Waals surface area contributed by atoms with E-state index in [4.69, 9.17) is 80.4 Å². The molecule has 0 spiro atoms. The molecule has 1 unspecified atom stereocenters. The second-order valence-corrected chi connectivity index (χ2v) is 22.6. The third-order valence-corrected chi connectivity index (χ3v) is 15.0. The number of anilines is 3. The number of nitrogens with two attached hydrogens (primary N) is 6. The number of guanidine groups is 5. The Hall–Kier alpha value is -12.2. The zero-order valence-corrected chi connectivity index (χ0v) is 56.7. The first kappa shape index (κ1) is 81.2. The highest BCUT2D eigenvalue weighted by Crippen LogP contribution is 2.27. The van der Waals surface area contributed by atoms with Gasteiger partial charge in [-0.25, -0.2) is 0 Å². The summed E-state index contributed by atoms with van der Waals surface area (Å²) >= 11 is 0. The molecule has 9 amide bonds. The van der Waals surface area contributed by atoms with Gasteiger partial charge in [0, 0.05) is 75.6 Å². The summed E-state index contributed by atoms with van der Waals surface area (Å²) in [5.74, 6) is -8.34. The zero-order valence-electron chi connectivity index (χ0n) is 56.7. The Bertz CT molecular complexity index is 3580. The van der Waals surface area contributed by atoms with E-state index in [0.29, 0.717) is 32.2 Å². The molecule has 0 aromatic heterocycles. The smallest absolute Gasteiger partial charge is 0.255 e. The van der Waals surface area contributed by atoms with Crippen LogP contribution in [0.2, 0.25) is 0 Å². The first-order valence-corrected chi connectivity index (χ1v) is 32.0. The van der Waals surface area contributed by atoms with Gasteiger partial charge in [-0.1, -0.05) is 12.2 Å². The van der Waals surface area contributed by atoms with Gasteiger partial charge in [0.2, 0.25) is 29.5 Å². The molecule has 0 saturated heterocycles. The molecule has 3 aromatic rings. The van der Waals surface area contributed by atoms with Crippen LogP contribution in [0.4, 0.5) is 17.1 Å². The van der Waals surface area contributed by atoms with Crippen LogP contribution in [0.15, 0.2) is 90.2 Å². The van der Waals surface area contributed by atoms with Crippen LogP contribution in [-0.4, -0.2) is 175 Å². The molecule has 0 saturated carbocycles. The lowest BCUT2D eigenvalue weighted by Crippen LogP contribution is -2.47. The van der Waals surface area contributed by atoms with Crippen molar-refractivity contribution >= 4 is 100 Å². The van der Waals surface area contributed by atoms with Crippen LogP contribution in [-0.2, 0) is 33.5 Å². The lowest BCUT2D eigenvalue weighted by molar-refractivity contribution is -0.126. The van der Waals surface area contributed by atoms with Crippen LogP contribution in [0.25, 0.3) is 0 Å². The second-order valence-electron chi connectivity index (χ2n) is 22.6. The summed E-state index contributed by atoms with van der Waals surface area (Å²) in [6.07, 6.45) is 6.94. The predicted molar refractivity (Wildman–Crippen MR) is 379 cm³/mol. The Morgan fingerprint density at radius 3 is 1.29 bits per heavy atom. The summed E-state index contributed by atoms with van der Waals surface area (Å²) in [5.41, 5.74) is 33.0. The molecular formula is C64H94N24O13. The molecule has 1 aliphatic rings. The fourth-order valence-electron chi connectivity index (χ4n) is 9.96. The van der Waals surface area contributed by atoms with Gasteiger partial charge in [-0.05, 0) is 131 Å². The van der Waals surface area contributed by atoms with Gasteiger partial charge in [0.15, 0.2) is 29.8 Å². The monoisotopic (exact) mass is 1410 g/mol. The highest BCUT2D eigenvalue weighted by Gasteiger charge is 2.31. The van der Waals surface area contributed by atoms with E-state index in [0.717, 1.165) is 0 Å². The number of ether oxygens (including phenoxy) is 4. The minimum atomic E-state index is -1.33. The summed E-state index contributed by atoms with van der Waals surface area (Å²) in [6.45, 7) is 0.815. The first-order chi connectivity index (χ1) is 48.2. The Balaban J connectivity index is 1.59. The molecule has 3 aromatic carbocycles. The average Bonchev–Trinajstić information content (AvgIpc) is 1.48. The van der Waals surface area contributed by atoms with Crippen LogP contribution in [0, 0.1) is 33.0 Å². The van der Waals surface area contributed by atoms with E-state index in [2.05, 4.69) is 69.1 Å². The van der Waals surface area contributed by atoms with Gasteiger partial charge in [0.1, 0.15) is 41.5 Å². The molecule has 0 fully saturated rings. The Labute approximate surface area is 583 Å². The molecule has 0 radical (unpaired) electrons. The SMILES string of the molecule is COc1ccc(NC(=O)[C@@H](CCCNC(=N)N)CNC(=O)c2cc(NC(=O)[C@@H](CCCNC(=N)N)NC(=O)C3=CC(NC(=O)[C@@H](CCCNC(=N)N)NC(=O)c4cc(NC(=O)[C@@H](CCCNC(=N)N)NC(=O)CCCCNC(=N)N)ccc4OC)=CC=CC3OC)ccc2OC)cc1C(N)=O. The summed E-state index contributed by atoms with van der Waals surface area (Å²) in [5, 5.41) is 72.9. The van der Waals surface area contributed by atoms with Crippen LogP contribution >= 0.6 is 0 Å². The summed E-state index contributed by atoms with van der Waals surface area (Å²) < 4.78 is 21.9. The summed E-state index contributed by atoms with van der Waals surface area (Å²) in [6, 6.07) is 8.96. The Kier molecular flexibility index (Phi) is 34.2. The first-order valence-electron chi connectivity index (χ1n) is 32.0. The van der Waals surface area contributed by atoms with Crippen molar-refractivity contribution in [3.8, 4) is 17.2 Å². The third-order valence-electron chi connectivity index (χ3n) is 15.0. The van der Waals surface area contributed by atoms with Gasteiger partial charge in [-0.3, -0.25) is 70.2 Å². The molecule has 101 heavy (non-hydrogen) atoms. The second kappa shape index (κ2) is 42.5. The quantitative estimate of drug-likeness (QED) is 0.0177. The van der Waals surface area contributed by atoms with Gasteiger partial charge in [0.25, 0.3) is 23.6 Å². The molecule has 5 atom stereocenters. The fourth-order valence-corrected chi connectivity index (χ4v) is 9.96. The molecule has 30 N–H and O–H groups in total. The van der Waals surface area contributed by atoms with Crippen molar-refractivity contribution in [1.29, 1.82) is 27.0 Å². The van der Waals surface area contributed by atoms with Gasteiger partial charge in [-0.2, -0.15) is 0 Å². The van der Waals surface area contributed by atoms with Crippen molar-refractivity contribution in [2.75, 3.05) is 83.7 Å². The van der Waals surface area contributed by atoms with Crippen molar-refractivity contribution in [2.45, 2.75) is 94.9 Å². The normalized spacial score (nSPS) is 13.3. The summed E-state index contributed by atoms with van der Waals surface area (Å²) in [7, 11) is 5.31. The maximum Gasteiger partial charge on any atom is 0.255 e. The number of methoxy groups -OCH3 is 4. The number of amides is 9. The average molecular weight is 1410 g/mol. The molecule has 0 bridgehead atoms. The fraction of sp³-hybridized carbons (Fsp3) is 0.406. The molecule has 548 valence electrons. The maximum atomic E-state index is 14.6. The number of carbonyl (C=O) groups is 9. The van der Waals surface area contributed by atoms with Crippen molar-refractivity contribution in [2.24, 2.45) is 40.3 Å². The Morgan fingerprint density at radius 2 is 0.842 bits per heavy atom. The van der Waals surface area contributed by atoms with E-state index in [1.165, 1.54) is 107 Å². The number of allylic oxidation sites excluding steroid dienone is 3. The van der Waals surface area contributed by atoms with Crippen LogP contribution in [0.1, 0.15) is 102 Å². The van der Waals surface area contributed by atoms with E-state index in [1.807, 2.05) is 0 Å². The van der Waals surface area contributed by atoms with Crippen LogP contribution in [0.3, 0.4) is 0 Å². The van der Waals surface area contributed by atoms with Crippen molar-refractivity contribution in [1.82, 2.24) is 53.2 Å². The number of carbonyl (C=O) groups excluding carboxylic acids is 9. The third kappa shape index (κ3) is 28.8. The van der Waals surface area contributed by atoms with Crippen LogP contribution < -0.4 is 118 Å². The van der Waals surface area contributed by atoms with E-state index in [1.54, 1.807) is 0 Å². The number of hydrogen-bond acceptors (Lipinski definition) is 18. The standard InChI is InChI=1S/C64H94N24O13/c1-98-47-17-7-13-36(83-58(96)45(15-10-28-79-63(72)73)88-56(94)43-33-39(21-24-50(43)101-4)84-57(95)44(14-9-27-78-62(70)71)86-51(89)18-5-6-25-76-60(66)67)31-42(47)55(93)87-46(16-11-29-80-64(74)75)59(97)85-38-20-23-49(100-3)41(32-38)54(92)81-34-35(12-8-26-77-61(68)69)53(91)82-37-19-22-48(99-2)40(30-37)52(65)90/h7,13,17,19-24,30-33,35,44-47H,5-6,8-12,14-16,18,25-29,34H2,1-4H3,(H2,65,90)(H,81,92)(H,82,91)(H,83,96)(H,84,95)(H,85,97)(H,86,89)(H,87,93)(H,88,94)(H4,66,67,76)(H4,68,69,77)(H4,70,71,78)(H4,72,73,79)(H4,74,75,80)/t35-,44+,45+,46+,47?/m0/s1.